The van der Waals surface area contributed by atoms with Crippen LogP contribution in [0.2, 0.25) is 0 Å². The van der Waals surface area contributed by atoms with Crippen molar-refractivity contribution in [2.45, 2.75) is 71.9 Å². The maximum absolute atomic E-state index is 13.8. The van der Waals surface area contributed by atoms with Crippen LogP contribution in [0, 0.1) is 0 Å². The van der Waals surface area contributed by atoms with Crippen molar-refractivity contribution in [3.8, 4) is 0 Å². The molecule has 2 aromatic rings. The molecule has 0 saturated carbocycles. The van der Waals surface area contributed by atoms with E-state index in [1.54, 1.807) is 19.4 Å². The number of aromatic nitrogens is 1. The lowest BCUT2D eigenvalue weighted by Crippen LogP contribution is -2.46. The minimum atomic E-state index is -0.488. The molecule has 1 aromatic carbocycles. The summed E-state index contributed by atoms with van der Waals surface area (Å²) in [5, 5.41) is 2.71. The van der Waals surface area contributed by atoms with E-state index < -0.39 is 5.92 Å². The SMILES string of the molecule is CC.CNC(=O)CC(c1ccccc1)C(C(=O)N(C(C)C)C(C)C)c1cccnc1. The Bertz CT molecular complexity index is 752. The van der Waals surface area contributed by atoms with Crippen molar-refractivity contribution < 1.29 is 9.59 Å². The Labute approximate surface area is 181 Å². The maximum atomic E-state index is 13.8. The van der Waals surface area contributed by atoms with Crippen molar-refractivity contribution in [1.29, 1.82) is 0 Å². The van der Waals surface area contributed by atoms with Gasteiger partial charge in [0.15, 0.2) is 0 Å². The number of carbonyl (C=O) groups excluding carboxylic acids is 2. The number of hydrogen-bond donors (Lipinski definition) is 1. The Morgan fingerprint density at radius 3 is 1.97 bits per heavy atom. The largest absolute Gasteiger partial charge is 0.359 e. The molecule has 1 N–H and O–H groups in total. The standard InChI is InChI=1S/C23H31N3O2.C2H6/c1-16(2)26(17(3)4)23(28)22(19-12-9-13-25-15-19)20(14-21(27)24-5)18-10-7-6-8-11-18;1-2/h6-13,15-17,20,22H,14H2,1-5H3,(H,24,27);1-2H3. The van der Waals surface area contributed by atoms with Gasteiger partial charge in [0.1, 0.15) is 0 Å². The highest BCUT2D eigenvalue weighted by Gasteiger charge is 2.37. The first-order valence-electron chi connectivity index (χ1n) is 10.8. The Morgan fingerprint density at radius 2 is 1.50 bits per heavy atom. The van der Waals surface area contributed by atoms with Crippen molar-refractivity contribution in [3.05, 3.63) is 66.0 Å². The molecule has 1 heterocycles. The zero-order valence-electron chi connectivity index (χ0n) is 19.4. The molecule has 2 rings (SSSR count). The second-order valence-electron chi connectivity index (χ2n) is 7.59. The monoisotopic (exact) mass is 411 g/mol. The zero-order chi connectivity index (χ0) is 22.7. The van der Waals surface area contributed by atoms with Gasteiger partial charge in [-0.2, -0.15) is 0 Å². The Morgan fingerprint density at radius 1 is 0.933 bits per heavy atom. The second kappa shape index (κ2) is 12.8. The zero-order valence-corrected chi connectivity index (χ0v) is 19.4. The first kappa shape index (κ1) is 25.3. The maximum Gasteiger partial charge on any atom is 0.231 e. The normalized spacial score (nSPS) is 12.6. The van der Waals surface area contributed by atoms with Crippen molar-refractivity contribution in [3.63, 3.8) is 0 Å². The van der Waals surface area contributed by atoms with Crippen molar-refractivity contribution in [2.75, 3.05) is 7.05 Å². The molecule has 30 heavy (non-hydrogen) atoms. The van der Waals surface area contributed by atoms with Gasteiger partial charge in [-0.3, -0.25) is 14.6 Å². The van der Waals surface area contributed by atoms with E-state index in [1.165, 1.54) is 0 Å². The summed E-state index contributed by atoms with van der Waals surface area (Å²) in [5.41, 5.74) is 1.80. The number of rotatable bonds is 8. The molecule has 0 spiro atoms. The Kier molecular flexibility index (Phi) is 10.8. The highest BCUT2D eigenvalue weighted by molar-refractivity contribution is 5.87. The lowest BCUT2D eigenvalue weighted by molar-refractivity contribution is -0.137. The van der Waals surface area contributed by atoms with Crippen LogP contribution in [-0.2, 0) is 9.59 Å². The molecule has 0 aliphatic carbocycles. The summed E-state index contributed by atoms with van der Waals surface area (Å²) in [4.78, 5) is 32.3. The van der Waals surface area contributed by atoms with E-state index in [0.717, 1.165) is 11.1 Å². The lowest BCUT2D eigenvalue weighted by Gasteiger charge is -2.37. The minimum absolute atomic E-state index is 0.0238. The molecule has 0 saturated heterocycles. The van der Waals surface area contributed by atoms with Gasteiger partial charge in [-0.15, -0.1) is 0 Å². The Hall–Kier alpha value is -2.69. The number of nitrogens with zero attached hydrogens (tertiary/aromatic N) is 2. The van der Waals surface area contributed by atoms with Gasteiger partial charge in [0, 0.05) is 43.9 Å². The summed E-state index contributed by atoms with van der Waals surface area (Å²) >= 11 is 0. The van der Waals surface area contributed by atoms with Crippen LogP contribution < -0.4 is 5.32 Å². The predicted molar refractivity (Wildman–Crippen MR) is 123 cm³/mol. The third-order valence-corrected chi connectivity index (χ3v) is 4.99. The molecule has 2 unspecified atom stereocenters. The molecule has 1 aromatic heterocycles. The molecule has 0 aliphatic heterocycles. The van der Waals surface area contributed by atoms with Crippen molar-refractivity contribution in [1.82, 2.24) is 15.2 Å². The number of hydrogen-bond acceptors (Lipinski definition) is 3. The van der Waals surface area contributed by atoms with E-state index in [0.29, 0.717) is 0 Å². The van der Waals surface area contributed by atoms with Crippen molar-refractivity contribution >= 4 is 11.8 Å². The number of amides is 2. The third kappa shape index (κ3) is 6.68. The highest BCUT2D eigenvalue weighted by Crippen LogP contribution is 2.37. The topological polar surface area (TPSA) is 62.3 Å². The summed E-state index contributed by atoms with van der Waals surface area (Å²) in [5.74, 6) is -0.831. The Balaban J connectivity index is 0.00000218. The molecule has 2 atom stereocenters. The summed E-state index contributed by atoms with van der Waals surface area (Å²) in [6.07, 6.45) is 3.67. The van der Waals surface area contributed by atoms with Crippen molar-refractivity contribution in [2.24, 2.45) is 0 Å². The van der Waals surface area contributed by atoms with Crippen LogP contribution in [-0.4, -0.2) is 40.8 Å². The van der Waals surface area contributed by atoms with E-state index in [4.69, 9.17) is 0 Å². The molecule has 0 fully saturated rings. The van der Waals surface area contributed by atoms with Crippen LogP contribution >= 0.6 is 0 Å². The number of nitrogens with one attached hydrogen (secondary N) is 1. The fraction of sp³-hybridized carbons (Fsp3) is 0.480. The highest BCUT2D eigenvalue weighted by atomic mass is 16.2. The summed E-state index contributed by atoms with van der Waals surface area (Å²) in [6.45, 7) is 12.1. The molecular weight excluding hydrogens is 374 g/mol. The smallest absolute Gasteiger partial charge is 0.231 e. The molecule has 0 aliphatic rings. The molecule has 0 bridgehead atoms. The molecular formula is C25H37N3O2. The average molecular weight is 412 g/mol. The van der Waals surface area contributed by atoms with E-state index in [-0.39, 0.29) is 36.2 Å². The van der Waals surface area contributed by atoms with E-state index in [9.17, 15) is 9.59 Å². The van der Waals surface area contributed by atoms with Gasteiger partial charge in [0.2, 0.25) is 11.8 Å². The lowest BCUT2D eigenvalue weighted by atomic mass is 9.78. The van der Waals surface area contributed by atoms with E-state index in [2.05, 4.69) is 10.3 Å². The van der Waals surface area contributed by atoms with Crippen LogP contribution in [0.25, 0.3) is 0 Å². The van der Waals surface area contributed by atoms with E-state index >= 15 is 0 Å². The predicted octanol–water partition coefficient (Wildman–Crippen LogP) is 4.76. The van der Waals surface area contributed by atoms with Crippen LogP contribution in [0.15, 0.2) is 54.9 Å². The summed E-state index contributed by atoms with van der Waals surface area (Å²) in [7, 11) is 1.62. The minimum Gasteiger partial charge on any atom is -0.359 e. The van der Waals surface area contributed by atoms with Gasteiger partial charge in [-0.1, -0.05) is 50.2 Å². The number of pyridine rings is 1. The average Bonchev–Trinajstić information content (AvgIpc) is 2.75. The van der Waals surface area contributed by atoms with Crippen LogP contribution in [0.3, 0.4) is 0 Å². The number of benzene rings is 1. The van der Waals surface area contributed by atoms with Gasteiger partial charge in [0.25, 0.3) is 0 Å². The van der Waals surface area contributed by atoms with Gasteiger partial charge >= 0.3 is 0 Å². The molecule has 5 nitrogen and oxygen atoms in total. The fourth-order valence-electron chi connectivity index (χ4n) is 3.80. The first-order chi connectivity index (χ1) is 14.4. The van der Waals surface area contributed by atoms with Gasteiger partial charge in [0.05, 0.1) is 5.92 Å². The first-order valence-corrected chi connectivity index (χ1v) is 10.8. The number of carbonyl (C=O) groups is 2. The van der Waals surface area contributed by atoms with Crippen LogP contribution in [0.5, 0.6) is 0 Å². The van der Waals surface area contributed by atoms with Gasteiger partial charge in [-0.25, -0.2) is 0 Å². The van der Waals surface area contributed by atoms with Gasteiger partial charge in [-0.05, 0) is 44.9 Å². The quantitative estimate of drug-likeness (QED) is 0.681. The third-order valence-electron chi connectivity index (χ3n) is 4.99. The molecule has 0 radical (unpaired) electrons. The second-order valence-corrected chi connectivity index (χ2v) is 7.59. The van der Waals surface area contributed by atoms with Crippen LogP contribution in [0.4, 0.5) is 0 Å². The summed E-state index contributed by atoms with van der Waals surface area (Å²) in [6, 6.07) is 13.7. The molecule has 164 valence electrons. The molecule has 5 heteroatoms. The fourth-order valence-corrected chi connectivity index (χ4v) is 3.80. The van der Waals surface area contributed by atoms with E-state index in [1.807, 2.05) is 88.9 Å². The molecule has 2 amide bonds. The summed E-state index contributed by atoms with van der Waals surface area (Å²) < 4.78 is 0. The van der Waals surface area contributed by atoms with Crippen LogP contribution in [0.1, 0.15) is 70.9 Å². The van der Waals surface area contributed by atoms with Gasteiger partial charge < -0.3 is 10.2 Å².